The number of hydrogen-bond donors (Lipinski definition) is 3. The standard InChI is InChI=1S/C19H33N5OS/c1-19(2,3)17(25)21-9-10-22-18(20-4)23-14-15(16-8-7-13-26-16)24-11-5-6-12-24/h7-8,13,15H,5-6,9-12,14H2,1-4H3,(H,21,25)(H2,20,22,23). The molecule has 1 atom stereocenters. The van der Waals surface area contributed by atoms with Gasteiger partial charge in [-0.15, -0.1) is 11.3 Å². The molecule has 1 fully saturated rings. The number of guanidine groups is 1. The van der Waals surface area contributed by atoms with Crippen molar-refractivity contribution in [3.8, 4) is 0 Å². The number of thiophene rings is 1. The topological polar surface area (TPSA) is 68.8 Å². The van der Waals surface area contributed by atoms with Crippen LogP contribution >= 0.6 is 11.3 Å². The second-order valence-corrected chi connectivity index (χ2v) is 8.64. The van der Waals surface area contributed by atoms with Gasteiger partial charge in [-0.25, -0.2) is 0 Å². The van der Waals surface area contributed by atoms with Crippen molar-refractivity contribution in [2.75, 3.05) is 39.8 Å². The predicted molar refractivity (Wildman–Crippen MR) is 110 cm³/mol. The van der Waals surface area contributed by atoms with Gasteiger partial charge in [0.25, 0.3) is 0 Å². The van der Waals surface area contributed by atoms with E-state index in [0.717, 1.165) is 25.6 Å². The molecule has 1 aromatic rings. The molecule has 3 N–H and O–H groups in total. The largest absolute Gasteiger partial charge is 0.355 e. The van der Waals surface area contributed by atoms with Crippen LogP contribution in [0, 0.1) is 5.41 Å². The highest BCUT2D eigenvalue weighted by Gasteiger charge is 2.24. The molecule has 1 aromatic heterocycles. The molecule has 1 unspecified atom stereocenters. The molecule has 2 rings (SSSR count). The third kappa shape index (κ3) is 6.29. The van der Waals surface area contributed by atoms with Gasteiger partial charge in [-0.2, -0.15) is 0 Å². The van der Waals surface area contributed by atoms with Crippen LogP contribution in [-0.2, 0) is 4.79 Å². The zero-order valence-electron chi connectivity index (χ0n) is 16.5. The summed E-state index contributed by atoms with van der Waals surface area (Å²) in [5.41, 5.74) is -0.358. The third-order valence-electron chi connectivity index (χ3n) is 4.52. The first-order valence-corrected chi connectivity index (χ1v) is 10.3. The summed E-state index contributed by atoms with van der Waals surface area (Å²) < 4.78 is 0. The highest BCUT2D eigenvalue weighted by Crippen LogP contribution is 2.27. The van der Waals surface area contributed by atoms with E-state index in [1.165, 1.54) is 17.7 Å². The molecule has 146 valence electrons. The molecule has 0 radical (unpaired) electrons. The van der Waals surface area contributed by atoms with Gasteiger partial charge < -0.3 is 16.0 Å². The lowest BCUT2D eigenvalue weighted by atomic mass is 9.96. The predicted octanol–water partition coefficient (Wildman–Crippen LogP) is 2.21. The molecule has 1 aliphatic rings. The van der Waals surface area contributed by atoms with E-state index in [-0.39, 0.29) is 11.3 Å². The number of carbonyl (C=O) groups excluding carboxylic acids is 1. The van der Waals surface area contributed by atoms with Crippen molar-refractivity contribution in [2.45, 2.75) is 39.7 Å². The fourth-order valence-electron chi connectivity index (χ4n) is 2.98. The summed E-state index contributed by atoms with van der Waals surface area (Å²) in [6.07, 6.45) is 2.56. The molecule has 1 saturated heterocycles. The summed E-state index contributed by atoms with van der Waals surface area (Å²) in [7, 11) is 1.78. The number of rotatable bonds is 7. The fraction of sp³-hybridized carbons (Fsp3) is 0.684. The summed E-state index contributed by atoms with van der Waals surface area (Å²) in [4.78, 5) is 20.1. The summed E-state index contributed by atoms with van der Waals surface area (Å²) in [5.74, 6) is 0.838. The Morgan fingerprint density at radius 2 is 1.92 bits per heavy atom. The Labute approximate surface area is 161 Å². The van der Waals surface area contributed by atoms with E-state index in [1.807, 2.05) is 32.1 Å². The minimum atomic E-state index is -0.358. The first-order valence-electron chi connectivity index (χ1n) is 9.42. The Balaban J connectivity index is 1.78. The summed E-state index contributed by atoms with van der Waals surface area (Å²) in [6, 6.07) is 4.72. The van der Waals surface area contributed by atoms with Crippen LogP contribution in [0.15, 0.2) is 22.5 Å². The van der Waals surface area contributed by atoms with E-state index in [4.69, 9.17) is 0 Å². The molecular formula is C19H33N5OS. The molecule has 0 spiro atoms. The van der Waals surface area contributed by atoms with Gasteiger partial charge in [0.2, 0.25) is 5.91 Å². The SMILES string of the molecule is CN=C(NCCNC(=O)C(C)(C)C)NCC(c1cccs1)N1CCCC1. The summed E-state index contributed by atoms with van der Waals surface area (Å²) in [5, 5.41) is 11.8. The quantitative estimate of drug-likeness (QED) is 0.386. The van der Waals surface area contributed by atoms with Crippen LogP contribution in [0.2, 0.25) is 0 Å². The normalized spacial score (nSPS) is 17.2. The van der Waals surface area contributed by atoms with Gasteiger partial charge in [0.15, 0.2) is 5.96 Å². The van der Waals surface area contributed by atoms with Gasteiger partial charge in [0, 0.05) is 37.0 Å². The molecule has 26 heavy (non-hydrogen) atoms. The van der Waals surface area contributed by atoms with E-state index >= 15 is 0 Å². The number of carbonyl (C=O) groups is 1. The molecule has 6 nitrogen and oxygen atoms in total. The van der Waals surface area contributed by atoms with Crippen molar-refractivity contribution >= 4 is 23.2 Å². The minimum absolute atomic E-state index is 0.0639. The monoisotopic (exact) mass is 379 g/mol. The summed E-state index contributed by atoms with van der Waals surface area (Å²) in [6.45, 7) is 10.1. The van der Waals surface area contributed by atoms with Crippen molar-refractivity contribution in [3.63, 3.8) is 0 Å². The number of aliphatic imine (C=N–C) groups is 1. The lowest BCUT2D eigenvalue weighted by molar-refractivity contribution is -0.128. The van der Waals surface area contributed by atoms with Gasteiger partial charge in [0.1, 0.15) is 0 Å². The van der Waals surface area contributed by atoms with Gasteiger partial charge in [-0.1, -0.05) is 26.8 Å². The average molecular weight is 380 g/mol. The Morgan fingerprint density at radius 3 is 2.50 bits per heavy atom. The van der Waals surface area contributed by atoms with Crippen molar-refractivity contribution < 1.29 is 4.79 Å². The number of nitrogens with zero attached hydrogens (tertiary/aromatic N) is 2. The second-order valence-electron chi connectivity index (χ2n) is 7.66. The number of hydrogen-bond acceptors (Lipinski definition) is 4. The maximum absolute atomic E-state index is 11.9. The molecular weight excluding hydrogens is 346 g/mol. The highest BCUT2D eigenvalue weighted by molar-refractivity contribution is 7.10. The molecule has 1 amide bonds. The van der Waals surface area contributed by atoms with Crippen molar-refractivity contribution in [2.24, 2.45) is 10.4 Å². The van der Waals surface area contributed by atoms with Gasteiger partial charge in [-0.05, 0) is 37.4 Å². The van der Waals surface area contributed by atoms with Crippen LogP contribution in [0.5, 0.6) is 0 Å². The molecule has 2 heterocycles. The first-order chi connectivity index (χ1) is 12.4. The van der Waals surface area contributed by atoms with Crippen molar-refractivity contribution in [3.05, 3.63) is 22.4 Å². The minimum Gasteiger partial charge on any atom is -0.355 e. The summed E-state index contributed by atoms with van der Waals surface area (Å²) >= 11 is 1.81. The lowest BCUT2D eigenvalue weighted by Crippen LogP contribution is -2.45. The van der Waals surface area contributed by atoms with E-state index in [2.05, 4.69) is 43.4 Å². The van der Waals surface area contributed by atoms with Crippen LogP contribution in [0.1, 0.15) is 44.5 Å². The average Bonchev–Trinajstić information content (AvgIpc) is 3.29. The molecule has 0 aromatic carbocycles. The van der Waals surface area contributed by atoms with Crippen LogP contribution in [-0.4, -0.2) is 56.5 Å². The van der Waals surface area contributed by atoms with Crippen molar-refractivity contribution in [1.29, 1.82) is 0 Å². The van der Waals surface area contributed by atoms with Gasteiger partial charge in [0.05, 0.1) is 6.04 Å². The van der Waals surface area contributed by atoms with E-state index in [9.17, 15) is 4.79 Å². The molecule has 0 aliphatic carbocycles. The zero-order chi connectivity index (χ0) is 19.0. The number of amides is 1. The molecule has 7 heteroatoms. The van der Waals surface area contributed by atoms with E-state index in [1.54, 1.807) is 7.05 Å². The number of likely N-dealkylation sites (tertiary alicyclic amines) is 1. The Kier molecular flexibility index (Phi) is 7.90. The van der Waals surface area contributed by atoms with Crippen LogP contribution in [0.25, 0.3) is 0 Å². The molecule has 1 aliphatic heterocycles. The first kappa shape index (κ1) is 20.7. The van der Waals surface area contributed by atoms with E-state index in [0.29, 0.717) is 19.1 Å². The van der Waals surface area contributed by atoms with Gasteiger partial charge in [-0.3, -0.25) is 14.7 Å². The smallest absolute Gasteiger partial charge is 0.225 e. The maximum Gasteiger partial charge on any atom is 0.225 e. The van der Waals surface area contributed by atoms with Crippen molar-refractivity contribution in [1.82, 2.24) is 20.9 Å². The second kappa shape index (κ2) is 9.92. The zero-order valence-corrected chi connectivity index (χ0v) is 17.3. The van der Waals surface area contributed by atoms with Crippen LogP contribution in [0.3, 0.4) is 0 Å². The Hall–Kier alpha value is -1.60. The lowest BCUT2D eigenvalue weighted by Gasteiger charge is -2.27. The van der Waals surface area contributed by atoms with E-state index < -0.39 is 0 Å². The molecule has 0 saturated carbocycles. The fourth-order valence-corrected chi connectivity index (χ4v) is 3.84. The van der Waals surface area contributed by atoms with Crippen LogP contribution < -0.4 is 16.0 Å². The Bertz CT molecular complexity index is 573. The molecule has 0 bridgehead atoms. The van der Waals surface area contributed by atoms with Gasteiger partial charge >= 0.3 is 0 Å². The maximum atomic E-state index is 11.9. The highest BCUT2D eigenvalue weighted by atomic mass is 32.1. The van der Waals surface area contributed by atoms with Crippen LogP contribution in [0.4, 0.5) is 0 Å². The number of nitrogens with one attached hydrogen (secondary N) is 3. The Morgan fingerprint density at radius 1 is 1.23 bits per heavy atom. The third-order valence-corrected chi connectivity index (χ3v) is 5.50.